The number of carbonyl (C=O) groups is 2. The third-order valence-electron chi connectivity index (χ3n) is 6.37. The highest BCUT2D eigenvalue weighted by molar-refractivity contribution is 7.90. The molecule has 2 aliphatic heterocycles. The highest BCUT2D eigenvalue weighted by Gasteiger charge is 2.33. The number of anilines is 1. The Kier molecular flexibility index (Phi) is 7.02. The van der Waals surface area contributed by atoms with Crippen molar-refractivity contribution in [1.29, 1.82) is 0 Å². The number of amides is 2. The number of hydrogen-bond donors (Lipinski definition) is 2. The fraction of sp³-hybridized carbons (Fsp3) is 0.400. The fourth-order valence-electron chi connectivity index (χ4n) is 4.25. The van der Waals surface area contributed by atoms with Crippen LogP contribution in [0.3, 0.4) is 0 Å². The van der Waals surface area contributed by atoms with E-state index >= 15 is 0 Å². The molecule has 0 aromatic heterocycles. The zero-order chi connectivity index (χ0) is 24.3. The zero-order valence-corrected chi connectivity index (χ0v) is 20.3. The van der Waals surface area contributed by atoms with Crippen LogP contribution in [-0.4, -0.2) is 43.6 Å². The molecule has 0 bridgehead atoms. The average Bonchev–Trinajstić information content (AvgIpc) is 3.08. The van der Waals surface area contributed by atoms with Gasteiger partial charge in [-0.15, -0.1) is 0 Å². The van der Waals surface area contributed by atoms with Crippen LogP contribution in [0.15, 0.2) is 58.4 Å². The van der Waals surface area contributed by atoms with Crippen LogP contribution in [0.25, 0.3) is 0 Å². The molecule has 0 saturated carbocycles. The highest BCUT2D eigenvalue weighted by Crippen LogP contribution is 2.25. The molecule has 2 aromatic carbocycles. The molecule has 0 aliphatic carbocycles. The number of likely N-dealkylation sites (tertiary alicyclic amines) is 1. The molecule has 2 N–H and O–H groups in total. The minimum Gasteiger partial charge on any atom is -0.338 e. The van der Waals surface area contributed by atoms with Crippen molar-refractivity contribution in [2.75, 3.05) is 11.9 Å². The van der Waals surface area contributed by atoms with Gasteiger partial charge < -0.3 is 10.2 Å². The number of nitrogens with zero attached hydrogens (tertiary/aromatic N) is 2. The molecule has 9 heteroatoms. The van der Waals surface area contributed by atoms with Gasteiger partial charge in [-0.3, -0.25) is 19.3 Å². The van der Waals surface area contributed by atoms with Crippen molar-refractivity contribution in [2.45, 2.75) is 57.0 Å². The topological polar surface area (TPSA) is 108 Å². The molecule has 2 atom stereocenters. The van der Waals surface area contributed by atoms with Crippen molar-refractivity contribution in [2.24, 2.45) is 10.9 Å². The molecule has 4 rings (SSSR count). The number of rotatable bonds is 7. The van der Waals surface area contributed by atoms with Crippen molar-refractivity contribution in [3.8, 4) is 0 Å². The first kappa shape index (κ1) is 23.9. The Morgan fingerprint density at radius 3 is 2.74 bits per heavy atom. The summed E-state index contributed by atoms with van der Waals surface area (Å²) >= 11 is 0. The monoisotopic (exact) mass is 482 g/mol. The summed E-state index contributed by atoms with van der Waals surface area (Å²) in [5, 5.41) is 2.94. The van der Waals surface area contributed by atoms with E-state index in [0.29, 0.717) is 30.6 Å². The van der Waals surface area contributed by atoms with Crippen LogP contribution >= 0.6 is 0 Å². The third-order valence-corrected chi connectivity index (χ3v) is 7.77. The van der Waals surface area contributed by atoms with E-state index in [-0.39, 0.29) is 28.5 Å². The van der Waals surface area contributed by atoms with Gasteiger partial charge in [0.05, 0.1) is 4.90 Å². The Morgan fingerprint density at radius 1 is 1.18 bits per heavy atom. The lowest BCUT2D eigenvalue weighted by Gasteiger charge is -2.27. The molecule has 34 heavy (non-hydrogen) atoms. The van der Waals surface area contributed by atoms with Crippen LogP contribution in [0.4, 0.5) is 5.69 Å². The Hall–Kier alpha value is -3.20. The molecule has 1 fully saturated rings. The van der Waals surface area contributed by atoms with Gasteiger partial charge in [-0.25, -0.2) is 8.42 Å². The molecule has 2 heterocycles. The van der Waals surface area contributed by atoms with Gasteiger partial charge in [0.1, 0.15) is 11.9 Å². The number of sulfonamides is 1. The van der Waals surface area contributed by atoms with Crippen molar-refractivity contribution < 1.29 is 18.0 Å². The Bertz CT molecular complexity index is 1220. The van der Waals surface area contributed by atoms with Crippen molar-refractivity contribution >= 4 is 33.4 Å². The van der Waals surface area contributed by atoms with Gasteiger partial charge in [-0.05, 0) is 48.6 Å². The van der Waals surface area contributed by atoms with E-state index < -0.39 is 16.1 Å². The van der Waals surface area contributed by atoms with Gasteiger partial charge >= 0.3 is 0 Å². The molecule has 0 unspecified atom stereocenters. The van der Waals surface area contributed by atoms with E-state index in [1.54, 1.807) is 24.3 Å². The molecule has 1 saturated heterocycles. The Balaban J connectivity index is 1.54. The van der Waals surface area contributed by atoms with Crippen LogP contribution in [0.2, 0.25) is 0 Å². The summed E-state index contributed by atoms with van der Waals surface area (Å²) in [6.45, 7) is 5.15. The number of benzene rings is 2. The van der Waals surface area contributed by atoms with E-state index in [4.69, 9.17) is 0 Å². The normalized spacial score (nSPS) is 19.9. The van der Waals surface area contributed by atoms with Gasteiger partial charge in [0.15, 0.2) is 0 Å². The van der Waals surface area contributed by atoms with Crippen LogP contribution < -0.4 is 10.0 Å². The van der Waals surface area contributed by atoms with Crippen LogP contribution in [0, 0.1) is 5.92 Å². The number of nitrogens with one attached hydrogen (secondary N) is 2. The third kappa shape index (κ3) is 5.14. The summed E-state index contributed by atoms with van der Waals surface area (Å²) in [5.74, 6) is -0.0726. The Morgan fingerprint density at radius 2 is 1.97 bits per heavy atom. The molecule has 2 amide bonds. The number of fused-ring (bicyclic) bond motifs is 1. The van der Waals surface area contributed by atoms with Gasteiger partial charge in [0, 0.05) is 30.8 Å². The molecule has 0 radical (unpaired) electrons. The molecular formula is C25H30N4O4S. The molecule has 0 spiro atoms. The quantitative estimate of drug-likeness (QED) is 0.631. The predicted octanol–water partition coefficient (Wildman–Crippen LogP) is 3.29. The molecule has 2 aliphatic rings. The summed E-state index contributed by atoms with van der Waals surface area (Å²) in [6, 6.07) is 13.3. The van der Waals surface area contributed by atoms with Crippen LogP contribution in [0.5, 0.6) is 0 Å². The van der Waals surface area contributed by atoms with E-state index in [2.05, 4.69) is 15.0 Å². The molecule has 8 nitrogen and oxygen atoms in total. The lowest BCUT2D eigenvalue weighted by Crippen LogP contribution is -2.35. The first-order valence-corrected chi connectivity index (χ1v) is 13.1. The summed E-state index contributed by atoms with van der Waals surface area (Å²) in [4.78, 5) is 32.0. The lowest BCUT2D eigenvalue weighted by molar-refractivity contribution is -0.133. The summed E-state index contributed by atoms with van der Waals surface area (Å²) in [5.41, 5.74) is 2.03. The van der Waals surface area contributed by atoms with Gasteiger partial charge in [-0.2, -0.15) is 0 Å². The van der Waals surface area contributed by atoms with Gasteiger partial charge in [0.2, 0.25) is 11.8 Å². The lowest BCUT2D eigenvalue weighted by atomic mass is 9.98. The summed E-state index contributed by atoms with van der Waals surface area (Å²) < 4.78 is 27.4. The van der Waals surface area contributed by atoms with Gasteiger partial charge in [-0.1, -0.05) is 44.5 Å². The zero-order valence-electron chi connectivity index (χ0n) is 19.5. The van der Waals surface area contributed by atoms with E-state index in [0.717, 1.165) is 24.9 Å². The van der Waals surface area contributed by atoms with Crippen molar-refractivity contribution in [1.82, 2.24) is 9.62 Å². The minimum absolute atomic E-state index is 0.112. The van der Waals surface area contributed by atoms with Gasteiger partial charge in [0.25, 0.3) is 10.0 Å². The predicted molar refractivity (Wildman–Crippen MR) is 131 cm³/mol. The number of amidine groups is 1. The number of aliphatic imine (C=N–C) groups is 1. The number of piperidine rings is 1. The minimum atomic E-state index is -3.69. The maximum atomic E-state index is 13.3. The first-order chi connectivity index (χ1) is 16.3. The van der Waals surface area contributed by atoms with Crippen LogP contribution in [0.1, 0.15) is 50.7 Å². The fourth-order valence-corrected chi connectivity index (χ4v) is 5.49. The highest BCUT2D eigenvalue weighted by atomic mass is 32.2. The number of carbonyl (C=O) groups excluding carboxylic acids is 2. The number of hydrogen-bond acceptors (Lipinski definition) is 5. The maximum Gasteiger partial charge on any atom is 0.263 e. The summed E-state index contributed by atoms with van der Waals surface area (Å²) in [7, 11) is -3.69. The largest absolute Gasteiger partial charge is 0.338 e. The second-order valence-corrected chi connectivity index (χ2v) is 10.5. The van der Waals surface area contributed by atoms with Crippen molar-refractivity contribution in [3.63, 3.8) is 0 Å². The molecular weight excluding hydrogens is 452 g/mol. The maximum absolute atomic E-state index is 13.3. The Labute approximate surface area is 200 Å². The van der Waals surface area contributed by atoms with E-state index in [9.17, 15) is 18.0 Å². The summed E-state index contributed by atoms with van der Waals surface area (Å²) in [6.07, 6.45) is 3.22. The second kappa shape index (κ2) is 9.97. The van der Waals surface area contributed by atoms with Crippen LogP contribution in [-0.2, 0) is 26.2 Å². The molecule has 180 valence electrons. The standard InChI is InChI=1S/C25H30N4O4S/c1-3-17(2)23(27-24-20-11-4-5-12-21(20)34(32,33)28-24)25(31)26-19-10-8-9-18(15-19)16-29-14-7-6-13-22(29)30/h4-5,8-12,15,17,23H,3,6-7,13-14,16H2,1-2H3,(H,26,31)(H,27,28)/t17-,23-/m0/s1. The second-order valence-electron chi connectivity index (χ2n) is 8.87. The molecule has 2 aromatic rings. The SMILES string of the molecule is CC[C@H](C)[C@H](N=C1NS(=O)(=O)c2ccccc21)C(=O)Nc1cccc(CN2CCCCC2=O)c1. The average molecular weight is 483 g/mol. The first-order valence-electron chi connectivity index (χ1n) is 11.7. The van der Waals surface area contributed by atoms with Crippen molar-refractivity contribution in [3.05, 3.63) is 59.7 Å². The van der Waals surface area contributed by atoms with E-state index in [1.165, 1.54) is 6.07 Å². The smallest absolute Gasteiger partial charge is 0.263 e. The van der Waals surface area contributed by atoms with E-state index in [1.807, 2.05) is 36.9 Å².